The van der Waals surface area contributed by atoms with Gasteiger partial charge in [0.15, 0.2) is 0 Å². The second kappa shape index (κ2) is 5.14. The monoisotopic (exact) mass is 291 g/mol. The van der Waals surface area contributed by atoms with E-state index in [2.05, 4.69) is 11.4 Å². The van der Waals surface area contributed by atoms with Gasteiger partial charge < -0.3 is 11.1 Å². The highest BCUT2D eigenvalue weighted by Gasteiger charge is 2.45. The van der Waals surface area contributed by atoms with Crippen molar-refractivity contribution >= 4 is 23.4 Å². The average Bonchev–Trinajstić information content (AvgIpc) is 3.18. The second-order valence-corrected chi connectivity index (χ2v) is 5.46. The molecule has 0 radical (unpaired) electrons. The first kappa shape index (κ1) is 14.4. The van der Waals surface area contributed by atoms with Crippen molar-refractivity contribution in [2.45, 2.75) is 31.2 Å². The molecule has 1 fully saturated rings. The average molecular weight is 292 g/mol. The quantitative estimate of drug-likeness (QED) is 0.880. The molecule has 1 atom stereocenters. The van der Waals surface area contributed by atoms with Crippen LogP contribution in [0.2, 0.25) is 5.02 Å². The molecule has 0 aliphatic heterocycles. The maximum absolute atomic E-state index is 12.0. The summed E-state index contributed by atoms with van der Waals surface area (Å²) in [6, 6.07) is 6.33. The summed E-state index contributed by atoms with van der Waals surface area (Å²) >= 11 is 6.00. The molecular formula is C14H14ClN3O2. The second-order valence-electron chi connectivity index (χ2n) is 5.02. The molecule has 5 nitrogen and oxygen atoms in total. The number of nitriles is 1. The topological polar surface area (TPSA) is 96.0 Å². The number of nitrogens with one attached hydrogen (secondary N) is 1. The highest BCUT2D eigenvalue weighted by atomic mass is 35.5. The number of benzene rings is 1. The van der Waals surface area contributed by atoms with Crippen LogP contribution < -0.4 is 11.1 Å². The minimum atomic E-state index is -0.768. The maximum Gasteiger partial charge on any atom is 0.251 e. The first-order valence-electron chi connectivity index (χ1n) is 6.20. The van der Waals surface area contributed by atoms with Crippen LogP contribution in [-0.2, 0) is 10.2 Å². The van der Waals surface area contributed by atoms with Gasteiger partial charge in [0.05, 0.1) is 11.5 Å². The third-order valence-corrected chi connectivity index (χ3v) is 3.67. The molecule has 20 heavy (non-hydrogen) atoms. The van der Waals surface area contributed by atoms with Crippen molar-refractivity contribution in [1.82, 2.24) is 5.32 Å². The van der Waals surface area contributed by atoms with E-state index in [9.17, 15) is 14.9 Å². The summed E-state index contributed by atoms with van der Waals surface area (Å²) in [6.07, 6.45) is 1.53. The summed E-state index contributed by atoms with van der Waals surface area (Å²) in [5, 5.41) is 12.1. The zero-order valence-corrected chi connectivity index (χ0v) is 11.7. The Morgan fingerprint density at radius 3 is 2.60 bits per heavy atom. The molecule has 0 saturated heterocycles. The zero-order chi connectivity index (χ0) is 14.9. The molecule has 2 amide bonds. The Balaban J connectivity index is 2.27. The first-order chi connectivity index (χ1) is 9.38. The van der Waals surface area contributed by atoms with E-state index >= 15 is 0 Å². The van der Waals surface area contributed by atoms with Crippen LogP contribution in [-0.4, -0.2) is 17.9 Å². The molecule has 1 aromatic rings. The standard InChI is InChI=1S/C14H14ClN3O2/c1-8(12(17)19)18-13(20)9-4-10(6-11(15)5-9)14(7-16)2-3-14/h4-6,8H,2-3H2,1H3,(H2,17,19)(H,18,20)/t8-/m0/s1. The minimum Gasteiger partial charge on any atom is -0.368 e. The van der Waals surface area contributed by atoms with Crippen molar-refractivity contribution < 1.29 is 9.59 Å². The van der Waals surface area contributed by atoms with Gasteiger partial charge in [0.25, 0.3) is 5.91 Å². The fourth-order valence-electron chi connectivity index (χ4n) is 1.94. The summed E-state index contributed by atoms with van der Waals surface area (Å²) in [7, 11) is 0. The Bertz CT molecular complexity index is 617. The largest absolute Gasteiger partial charge is 0.368 e. The summed E-state index contributed by atoms with van der Waals surface area (Å²) in [5.74, 6) is -1.05. The summed E-state index contributed by atoms with van der Waals surface area (Å²) < 4.78 is 0. The smallest absolute Gasteiger partial charge is 0.251 e. The molecule has 3 N–H and O–H groups in total. The van der Waals surface area contributed by atoms with Gasteiger partial charge in [0.2, 0.25) is 5.91 Å². The van der Waals surface area contributed by atoms with Crippen LogP contribution in [0.5, 0.6) is 0 Å². The molecule has 0 bridgehead atoms. The molecule has 6 heteroatoms. The molecule has 0 aromatic heterocycles. The molecule has 104 valence electrons. The highest BCUT2D eigenvalue weighted by molar-refractivity contribution is 6.31. The molecule has 1 aromatic carbocycles. The lowest BCUT2D eigenvalue weighted by molar-refractivity contribution is -0.119. The van der Waals surface area contributed by atoms with Crippen LogP contribution in [0.1, 0.15) is 35.7 Å². The molecular weight excluding hydrogens is 278 g/mol. The predicted octanol–water partition coefficient (Wildman–Crippen LogP) is 1.50. The van der Waals surface area contributed by atoms with Crippen molar-refractivity contribution in [1.29, 1.82) is 5.26 Å². The normalized spacial score (nSPS) is 16.9. The van der Waals surface area contributed by atoms with E-state index in [4.69, 9.17) is 17.3 Å². The number of carbonyl (C=O) groups is 2. The molecule has 2 rings (SSSR count). The van der Waals surface area contributed by atoms with Crippen LogP contribution in [0.25, 0.3) is 0 Å². The maximum atomic E-state index is 12.0. The van der Waals surface area contributed by atoms with Gasteiger partial charge >= 0.3 is 0 Å². The van der Waals surface area contributed by atoms with E-state index in [1.165, 1.54) is 13.0 Å². The van der Waals surface area contributed by atoms with Crippen molar-refractivity contribution in [3.05, 3.63) is 34.3 Å². The number of amides is 2. The SMILES string of the molecule is C[C@H](NC(=O)c1cc(Cl)cc(C2(C#N)CC2)c1)C(N)=O. The number of halogens is 1. The van der Waals surface area contributed by atoms with E-state index in [-0.39, 0.29) is 0 Å². The van der Waals surface area contributed by atoms with Crippen LogP contribution in [0.3, 0.4) is 0 Å². The van der Waals surface area contributed by atoms with Crippen LogP contribution in [0, 0.1) is 11.3 Å². The Morgan fingerprint density at radius 1 is 1.45 bits per heavy atom. The summed E-state index contributed by atoms with van der Waals surface area (Å²) in [5.41, 5.74) is 5.64. The van der Waals surface area contributed by atoms with E-state index in [0.717, 1.165) is 18.4 Å². The lowest BCUT2D eigenvalue weighted by Crippen LogP contribution is -2.42. The van der Waals surface area contributed by atoms with E-state index in [1.807, 2.05) is 0 Å². The van der Waals surface area contributed by atoms with Gasteiger partial charge in [-0.05, 0) is 43.5 Å². The van der Waals surface area contributed by atoms with Crippen LogP contribution in [0.4, 0.5) is 0 Å². The van der Waals surface area contributed by atoms with E-state index in [0.29, 0.717) is 10.6 Å². The number of primary amides is 1. The zero-order valence-electron chi connectivity index (χ0n) is 10.9. The molecule has 0 heterocycles. The van der Waals surface area contributed by atoms with Crippen molar-refractivity contribution in [2.24, 2.45) is 5.73 Å². The van der Waals surface area contributed by atoms with Crippen molar-refractivity contribution in [3.8, 4) is 6.07 Å². The molecule has 1 aliphatic carbocycles. The molecule has 1 saturated carbocycles. The highest BCUT2D eigenvalue weighted by Crippen LogP contribution is 2.48. The lowest BCUT2D eigenvalue weighted by atomic mass is 9.95. The third-order valence-electron chi connectivity index (χ3n) is 3.45. The Hall–Kier alpha value is -2.06. The summed E-state index contributed by atoms with van der Waals surface area (Å²) in [4.78, 5) is 23.0. The van der Waals surface area contributed by atoms with Gasteiger partial charge in [-0.1, -0.05) is 11.6 Å². The van der Waals surface area contributed by atoms with E-state index < -0.39 is 23.3 Å². The minimum absolute atomic E-state index is 0.321. The van der Waals surface area contributed by atoms with Gasteiger partial charge in [-0.2, -0.15) is 5.26 Å². The van der Waals surface area contributed by atoms with Gasteiger partial charge in [0, 0.05) is 10.6 Å². The number of nitrogens with zero attached hydrogens (tertiary/aromatic N) is 1. The third kappa shape index (κ3) is 2.75. The van der Waals surface area contributed by atoms with Gasteiger partial charge in [-0.25, -0.2) is 0 Å². The van der Waals surface area contributed by atoms with Crippen molar-refractivity contribution in [2.75, 3.05) is 0 Å². The number of nitrogens with two attached hydrogens (primary N) is 1. The van der Waals surface area contributed by atoms with Crippen LogP contribution in [0.15, 0.2) is 18.2 Å². The Labute approximate surface area is 121 Å². The van der Waals surface area contributed by atoms with Gasteiger partial charge in [-0.3, -0.25) is 9.59 Å². The number of hydrogen-bond acceptors (Lipinski definition) is 3. The fourth-order valence-corrected chi connectivity index (χ4v) is 2.17. The fraction of sp³-hybridized carbons (Fsp3) is 0.357. The summed E-state index contributed by atoms with van der Waals surface area (Å²) in [6.45, 7) is 1.50. The first-order valence-corrected chi connectivity index (χ1v) is 6.58. The van der Waals surface area contributed by atoms with Crippen molar-refractivity contribution in [3.63, 3.8) is 0 Å². The molecule has 1 aliphatic rings. The van der Waals surface area contributed by atoms with Gasteiger partial charge in [-0.15, -0.1) is 0 Å². The Morgan fingerprint density at radius 2 is 2.10 bits per heavy atom. The number of rotatable bonds is 4. The van der Waals surface area contributed by atoms with Gasteiger partial charge in [0.1, 0.15) is 6.04 Å². The Kier molecular flexibility index (Phi) is 3.69. The number of carbonyl (C=O) groups excluding carboxylic acids is 2. The predicted molar refractivity (Wildman–Crippen MR) is 74.1 cm³/mol. The molecule has 0 spiro atoms. The lowest BCUT2D eigenvalue weighted by Gasteiger charge is -2.13. The molecule has 0 unspecified atom stereocenters. The van der Waals surface area contributed by atoms with Crippen LogP contribution >= 0.6 is 11.6 Å². The number of hydrogen-bond donors (Lipinski definition) is 2. The van der Waals surface area contributed by atoms with E-state index in [1.54, 1.807) is 12.1 Å².